The predicted octanol–water partition coefficient (Wildman–Crippen LogP) is 10.2. The highest BCUT2D eigenvalue weighted by Crippen LogP contribution is 2.38. The standard InChI is InChI=1S/C49H81NO9Si/c1-12-15-17-21-24-31-48(56-36-37-57-48)32-25-22-19-18-20-23-26-41(49(54,45(53)59-46(4,5)6)33-35-58-60(10,11)47(7,8)9)44(52)50-42(43(51)14-3)38-39-27-29-40(30-28-39)55-34-16-13-2/h23,26-30,41-42,54H,12,14-15,17-22,24-25,31-38H2,1-11H3,(H,50,52)/b26-23+/t41-,42+,49+/m1/s1. The van der Waals surface area contributed by atoms with Gasteiger partial charge >= 0.3 is 5.97 Å². The van der Waals surface area contributed by atoms with E-state index in [4.69, 9.17) is 23.4 Å². The molecule has 1 heterocycles. The molecule has 0 aromatic heterocycles. The minimum atomic E-state index is -2.28. The van der Waals surface area contributed by atoms with E-state index < -0.39 is 49.1 Å². The molecule has 1 saturated heterocycles. The third-order valence-corrected chi connectivity index (χ3v) is 16.2. The van der Waals surface area contributed by atoms with Crippen LogP contribution in [0.1, 0.15) is 158 Å². The fourth-order valence-corrected chi connectivity index (χ4v) is 7.99. The summed E-state index contributed by atoms with van der Waals surface area (Å²) in [5.41, 5.74) is -2.39. The summed E-state index contributed by atoms with van der Waals surface area (Å²) in [5.74, 6) is 2.80. The molecule has 2 rings (SSSR count). The van der Waals surface area contributed by atoms with Gasteiger partial charge in [-0.2, -0.15) is 0 Å². The van der Waals surface area contributed by atoms with E-state index in [0.717, 1.165) is 50.5 Å². The zero-order chi connectivity index (χ0) is 44.9. The molecule has 1 aliphatic rings. The summed E-state index contributed by atoms with van der Waals surface area (Å²) in [7, 11) is -2.28. The maximum Gasteiger partial charge on any atom is 0.339 e. The van der Waals surface area contributed by atoms with Crippen LogP contribution in [-0.2, 0) is 39.4 Å². The van der Waals surface area contributed by atoms with Crippen LogP contribution in [0.2, 0.25) is 18.1 Å². The Kier molecular flexibility index (Phi) is 22.9. The lowest BCUT2D eigenvalue weighted by molar-refractivity contribution is -0.185. The molecule has 0 radical (unpaired) electrons. The van der Waals surface area contributed by atoms with E-state index in [-0.39, 0.29) is 43.3 Å². The molecule has 0 spiro atoms. The number of nitrogens with one attached hydrogen (secondary N) is 1. The number of Topliss-reactive ketones (excluding diaryl/α,β-unsaturated/α-hetero) is 1. The maximum atomic E-state index is 14.5. The van der Waals surface area contributed by atoms with Crippen molar-refractivity contribution in [1.82, 2.24) is 5.32 Å². The summed E-state index contributed by atoms with van der Waals surface area (Å²) < 4.78 is 30.1. The van der Waals surface area contributed by atoms with Crippen LogP contribution in [0.15, 0.2) is 36.4 Å². The highest BCUT2D eigenvalue weighted by atomic mass is 28.4. The van der Waals surface area contributed by atoms with Crippen molar-refractivity contribution in [3.05, 3.63) is 42.0 Å². The van der Waals surface area contributed by atoms with E-state index in [1.807, 2.05) is 18.2 Å². The normalized spacial score (nSPS) is 16.4. The van der Waals surface area contributed by atoms with Gasteiger partial charge in [-0.3, -0.25) is 9.59 Å². The van der Waals surface area contributed by atoms with Crippen molar-refractivity contribution in [2.24, 2.45) is 5.92 Å². The molecule has 1 amide bonds. The molecule has 1 aliphatic heterocycles. The van der Waals surface area contributed by atoms with Gasteiger partial charge in [0.15, 0.2) is 25.5 Å². The number of allylic oxidation sites excluding steroid dienone is 1. The number of esters is 1. The summed E-state index contributed by atoms with van der Waals surface area (Å²) in [6, 6.07) is 6.43. The number of unbranched alkanes of at least 4 members (excludes halogenated alkanes) is 8. The fraction of sp³-hybridized carbons (Fsp3) is 0.735. The number of rotatable bonds is 28. The smallest absolute Gasteiger partial charge is 0.339 e. The van der Waals surface area contributed by atoms with Gasteiger partial charge in [-0.1, -0.05) is 103 Å². The minimum Gasteiger partial charge on any atom is -0.481 e. The van der Waals surface area contributed by atoms with E-state index in [1.54, 1.807) is 52.8 Å². The van der Waals surface area contributed by atoms with Gasteiger partial charge in [0.1, 0.15) is 18.0 Å². The van der Waals surface area contributed by atoms with Gasteiger partial charge in [-0.05, 0) is 95.6 Å². The average Bonchev–Trinajstić information content (AvgIpc) is 3.64. The van der Waals surface area contributed by atoms with Crippen LogP contribution in [0.4, 0.5) is 0 Å². The van der Waals surface area contributed by atoms with E-state index in [1.165, 1.54) is 25.7 Å². The summed E-state index contributed by atoms with van der Waals surface area (Å²) in [5, 5.41) is 15.3. The topological polar surface area (TPSA) is 130 Å². The zero-order valence-corrected chi connectivity index (χ0v) is 40.3. The first-order valence-electron chi connectivity index (χ1n) is 22.7. The van der Waals surface area contributed by atoms with Gasteiger partial charge in [0.05, 0.1) is 25.2 Å². The zero-order valence-electron chi connectivity index (χ0n) is 39.3. The SMILES string of the molecule is CC#CCOc1ccc(C[C@H](NC(=O)[C@@H](/C=C/CCCCCCC2(CCCCCCC)OCCO2)[C@@](O)(CCO[Si](C)(C)C(C)(C)C)C(=O)OC(C)(C)C)C(=O)CC)cc1. The number of hydrogen-bond donors (Lipinski definition) is 2. The van der Waals surface area contributed by atoms with Crippen LogP contribution < -0.4 is 10.1 Å². The highest BCUT2D eigenvalue weighted by molar-refractivity contribution is 6.74. The number of carbonyl (C=O) groups is 3. The number of ketones is 1. The first kappa shape index (κ1) is 53.1. The molecular weight excluding hydrogens is 775 g/mol. The third-order valence-electron chi connectivity index (χ3n) is 11.7. The first-order valence-corrected chi connectivity index (χ1v) is 25.6. The molecule has 0 unspecified atom stereocenters. The Morgan fingerprint density at radius 2 is 1.52 bits per heavy atom. The lowest BCUT2D eigenvalue weighted by Crippen LogP contribution is -2.56. The minimum absolute atomic E-state index is 0.0487. The largest absolute Gasteiger partial charge is 0.481 e. The molecule has 0 saturated carbocycles. The van der Waals surface area contributed by atoms with Crippen molar-refractivity contribution in [2.45, 2.75) is 200 Å². The average molecular weight is 856 g/mol. The Morgan fingerprint density at radius 3 is 2.07 bits per heavy atom. The maximum absolute atomic E-state index is 14.5. The summed E-state index contributed by atoms with van der Waals surface area (Å²) >= 11 is 0. The molecule has 340 valence electrons. The quantitative estimate of drug-likeness (QED) is 0.0278. The first-order chi connectivity index (χ1) is 28.2. The van der Waals surface area contributed by atoms with Gasteiger partial charge < -0.3 is 33.8 Å². The van der Waals surface area contributed by atoms with Crippen LogP contribution >= 0.6 is 0 Å². The number of benzene rings is 1. The molecule has 60 heavy (non-hydrogen) atoms. The van der Waals surface area contributed by atoms with Crippen molar-refractivity contribution in [3.63, 3.8) is 0 Å². The van der Waals surface area contributed by atoms with Crippen molar-refractivity contribution in [2.75, 3.05) is 26.4 Å². The van der Waals surface area contributed by atoms with Crippen molar-refractivity contribution >= 4 is 26.0 Å². The Morgan fingerprint density at radius 1 is 0.917 bits per heavy atom. The number of carbonyl (C=O) groups excluding carboxylic acids is 3. The molecule has 1 aromatic rings. The van der Waals surface area contributed by atoms with Crippen LogP contribution in [0.3, 0.4) is 0 Å². The summed E-state index contributed by atoms with van der Waals surface area (Å²) in [4.78, 5) is 42.0. The fourth-order valence-electron chi connectivity index (χ4n) is 6.95. The summed E-state index contributed by atoms with van der Waals surface area (Å²) in [6.45, 7) is 23.1. The van der Waals surface area contributed by atoms with Crippen LogP contribution in [0.25, 0.3) is 0 Å². The van der Waals surface area contributed by atoms with Crippen LogP contribution in [0.5, 0.6) is 5.75 Å². The molecule has 2 N–H and O–H groups in total. The third kappa shape index (κ3) is 18.5. The second kappa shape index (κ2) is 25.8. The molecule has 10 nitrogen and oxygen atoms in total. The Labute approximate surface area is 364 Å². The van der Waals surface area contributed by atoms with Gasteiger partial charge in [0.2, 0.25) is 5.91 Å². The van der Waals surface area contributed by atoms with E-state index in [9.17, 15) is 19.5 Å². The number of ether oxygens (including phenoxy) is 4. The second-order valence-corrected chi connectivity index (χ2v) is 23.7. The Balaban J connectivity index is 2.31. The van der Waals surface area contributed by atoms with Gasteiger partial charge in [0.25, 0.3) is 0 Å². The van der Waals surface area contributed by atoms with Crippen molar-refractivity contribution in [1.29, 1.82) is 0 Å². The Hall–Kier alpha value is -3.01. The molecule has 1 fully saturated rings. The monoisotopic (exact) mass is 856 g/mol. The van der Waals surface area contributed by atoms with Crippen LogP contribution in [0, 0.1) is 17.8 Å². The highest BCUT2D eigenvalue weighted by Gasteiger charge is 2.50. The Bertz CT molecular complexity index is 1530. The molecular formula is C49H81NO9Si. The molecule has 0 bridgehead atoms. The number of hydrogen-bond acceptors (Lipinski definition) is 9. The lowest BCUT2D eigenvalue weighted by atomic mass is 9.82. The van der Waals surface area contributed by atoms with E-state index in [2.05, 4.69) is 57.9 Å². The van der Waals surface area contributed by atoms with Gasteiger partial charge in [-0.25, -0.2) is 4.79 Å². The van der Waals surface area contributed by atoms with E-state index >= 15 is 0 Å². The second-order valence-electron chi connectivity index (χ2n) is 18.9. The molecule has 1 aromatic carbocycles. The predicted molar refractivity (Wildman–Crippen MR) is 243 cm³/mol. The molecule has 11 heteroatoms. The lowest BCUT2D eigenvalue weighted by Gasteiger charge is -2.38. The van der Waals surface area contributed by atoms with Gasteiger partial charge in [-0.15, -0.1) is 5.92 Å². The molecule has 0 aliphatic carbocycles. The van der Waals surface area contributed by atoms with Crippen molar-refractivity contribution < 1.29 is 42.9 Å². The van der Waals surface area contributed by atoms with Crippen LogP contribution in [-0.4, -0.2) is 80.5 Å². The van der Waals surface area contributed by atoms with E-state index in [0.29, 0.717) is 25.4 Å². The van der Waals surface area contributed by atoms with Gasteiger partial charge in [0, 0.05) is 32.3 Å². The molecule has 3 atom stereocenters. The van der Waals surface area contributed by atoms with Crippen molar-refractivity contribution in [3.8, 4) is 17.6 Å². The number of aliphatic hydroxyl groups is 1. The number of amides is 1. The summed E-state index contributed by atoms with van der Waals surface area (Å²) in [6.07, 6.45) is 16.1.